The van der Waals surface area contributed by atoms with E-state index in [-0.39, 0.29) is 5.69 Å². The van der Waals surface area contributed by atoms with Gasteiger partial charge in [-0.1, -0.05) is 44.0 Å². The first-order valence-corrected chi connectivity index (χ1v) is 8.51. The maximum atomic E-state index is 11.5. The summed E-state index contributed by atoms with van der Waals surface area (Å²) in [5.74, 6) is -0.0740. The predicted octanol–water partition coefficient (Wildman–Crippen LogP) is 3.67. The lowest BCUT2D eigenvalue weighted by atomic mass is 10.1. The Bertz CT molecular complexity index is 878. The van der Waals surface area contributed by atoms with Crippen molar-refractivity contribution in [2.75, 3.05) is 0 Å². The second kappa shape index (κ2) is 7.14. The van der Waals surface area contributed by atoms with Gasteiger partial charge in [0.2, 0.25) is 0 Å². The summed E-state index contributed by atoms with van der Waals surface area (Å²) in [5.41, 5.74) is 7.42. The maximum Gasteiger partial charge on any atom is 0.271 e. The lowest BCUT2D eigenvalue weighted by molar-refractivity contribution is 0.0996. The summed E-state index contributed by atoms with van der Waals surface area (Å²) >= 11 is 6.81. The van der Waals surface area contributed by atoms with Gasteiger partial charge >= 0.3 is 0 Å². The minimum Gasteiger partial charge on any atom is -0.488 e. The van der Waals surface area contributed by atoms with Crippen LogP contribution in [0.4, 0.5) is 0 Å². The first-order valence-electron chi connectivity index (χ1n) is 6.92. The maximum absolute atomic E-state index is 11.5. The van der Waals surface area contributed by atoms with Crippen LogP contribution >= 0.6 is 31.9 Å². The molecule has 0 aliphatic heterocycles. The fraction of sp³-hybridized carbons (Fsp3) is 0.0625. The summed E-state index contributed by atoms with van der Waals surface area (Å²) in [6.45, 7) is 0.381. The molecule has 0 radical (unpaired) electrons. The first-order chi connectivity index (χ1) is 11.5. The number of nitrogens with zero attached hydrogens (tertiary/aromatic N) is 2. The van der Waals surface area contributed by atoms with E-state index in [1.807, 2.05) is 30.3 Å². The molecular weight excluding hydrogens is 440 g/mol. The van der Waals surface area contributed by atoms with Gasteiger partial charge in [0.1, 0.15) is 18.1 Å². The fourth-order valence-electron chi connectivity index (χ4n) is 2.15. The largest absolute Gasteiger partial charge is 0.488 e. The molecule has 0 aliphatic carbocycles. The molecule has 0 aliphatic rings. The lowest BCUT2D eigenvalue weighted by Crippen LogP contribution is -2.13. The minimum atomic E-state index is -0.655. The van der Waals surface area contributed by atoms with E-state index in [0.29, 0.717) is 23.6 Å². The van der Waals surface area contributed by atoms with Gasteiger partial charge in [-0.15, -0.1) is 0 Å². The third-order valence-corrected chi connectivity index (χ3v) is 4.31. The van der Waals surface area contributed by atoms with Crippen molar-refractivity contribution in [3.63, 3.8) is 0 Å². The second-order valence-electron chi connectivity index (χ2n) is 4.94. The van der Waals surface area contributed by atoms with Gasteiger partial charge in [-0.3, -0.25) is 4.79 Å². The Balaban J connectivity index is 1.92. The average Bonchev–Trinajstić information content (AvgIpc) is 3.05. The van der Waals surface area contributed by atoms with E-state index < -0.39 is 5.91 Å². The van der Waals surface area contributed by atoms with Crippen LogP contribution in [0.2, 0.25) is 0 Å². The molecule has 2 aromatic carbocycles. The molecule has 0 saturated heterocycles. The number of carbonyl (C=O) groups is 1. The zero-order valence-electron chi connectivity index (χ0n) is 12.3. The molecule has 1 heterocycles. The zero-order chi connectivity index (χ0) is 17.1. The Kier molecular flexibility index (Phi) is 4.96. The van der Waals surface area contributed by atoms with Gasteiger partial charge in [0.15, 0.2) is 5.69 Å². The van der Waals surface area contributed by atoms with Gasteiger partial charge in [-0.25, -0.2) is 0 Å². The molecule has 122 valence electrons. The minimum absolute atomic E-state index is 0.0709. The molecule has 0 spiro atoms. The van der Waals surface area contributed by atoms with Crippen LogP contribution in [0.5, 0.6) is 5.75 Å². The van der Waals surface area contributed by atoms with Crippen LogP contribution in [0.25, 0.3) is 11.3 Å². The Morgan fingerprint density at radius 2 is 1.79 bits per heavy atom. The average molecular weight is 452 g/mol. The molecular formula is C16H12Br2N4O2. The fourth-order valence-corrected chi connectivity index (χ4v) is 2.77. The van der Waals surface area contributed by atoms with Crippen LogP contribution in [-0.2, 0) is 6.61 Å². The van der Waals surface area contributed by atoms with E-state index >= 15 is 0 Å². The van der Waals surface area contributed by atoms with Crippen molar-refractivity contribution >= 4 is 37.8 Å². The van der Waals surface area contributed by atoms with Crippen molar-refractivity contribution in [3.8, 4) is 17.0 Å². The number of H-pyrrole nitrogens is 1. The van der Waals surface area contributed by atoms with E-state index in [0.717, 1.165) is 14.5 Å². The van der Waals surface area contributed by atoms with E-state index in [4.69, 9.17) is 10.5 Å². The van der Waals surface area contributed by atoms with Crippen molar-refractivity contribution in [2.45, 2.75) is 6.61 Å². The third-order valence-electron chi connectivity index (χ3n) is 3.29. The lowest BCUT2D eigenvalue weighted by Gasteiger charge is -2.11. The van der Waals surface area contributed by atoms with Crippen molar-refractivity contribution in [1.82, 2.24) is 15.4 Å². The summed E-state index contributed by atoms with van der Waals surface area (Å²) in [5, 5.41) is 10.3. The molecule has 24 heavy (non-hydrogen) atoms. The number of carbonyl (C=O) groups excluding carboxylic acids is 1. The van der Waals surface area contributed by atoms with Gasteiger partial charge in [-0.05, 0) is 35.9 Å². The number of aromatic amines is 1. The molecule has 1 aromatic heterocycles. The van der Waals surface area contributed by atoms with Crippen molar-refractivity contribution in [3.05, 3.63) is 62.7 Å². The summed E-state index contributed by atoms with van der Waals surface area (Å²) in [6, 6.07) is 13.3. The van der Waals surface area contributed by atoms with Crippen LogP contribution in [0.1, 0.15) is 16.1 Å². The van der Waals surface area contributed by atoms with Gasteiger partial charge in [0, 0.05) is 14.5 Å². The molecule has 0 atom stereocenters. The number of aromatic nitrogens is 3. The second-order valence-corrected chi connectivity index (χ2v) is 6.77. The highest BCUT2D eigenvalue weighted by Gasteiger charge is 2.19. The molecule has 1 amide bonds. The number of nitrogens with two attached hydrogens (primary N) is 1. The van der Waals surface area contributed by atoms with Crippen molar-refractivity contribution < 1.29 is 9.53 Å². The number of ether oxygens (including phenoxy) is 1. The first kappa shape index (κ1) is 16.7. The quantitative estimate of drug-likeness (QED) is 0.618. The zero-order valence-corrected chi connectivity index (χ0v) is 15.5. The number of benzene rings is 2. The van der Waals surface area contributed by atoms with E-state index in [1.54, 1.807) is 12.1 Å². The summed E-state index contributed by atoms with van der Waals surface area (Å²) in [7, 11) is 0. The van der Waals surface area contributed by atoms with Crippen LogP contribution < -0.4 is 10.5 Å². The van der Waals surface area contributed by atoms with Crippen molar-refractivity contribution in [2.24, 2.45) is 5.73 Å². The molecule has 0 saturated carbocycles. The number of nitrogens with one attached hydrogen (secondary N) is 1. The molecule has 6 nitrogen and oxygen atoms in total. The van der Waals surface area contributed by atoms with Crippen LogP contribution in [0.15, 0.2) is 51.4 Å². The highest BCUT2D eigenvalue weighted by molar-refractivity contribution is 9.10. The van der Waals surface area contributed by atoms with E-state index in [2.05, 4.69) is 47.3 Å². The topological polar surface area (TPSA) is 93.9 Å². The van der Waals surface area contributed by atoms with E-state index in [9.17, 15) is 4.79 Å². The molecule has 0 bridgehead atoms. The molecule has 8 heteroatoms. The Morgan fingerprint density at radius 3 is 2.50 bits per heavy atom. The van der Waals surface area contributed by atoms with Gasteiger partial charge < -0.3 is 10.5 Å². The number of amides is 1. The Labute approximate surface area is 154 Å². The smallest absolute Gasteiger partial charge is 0.271 e. The summed E-state index contributed by atoms with van der Waals surface area (Å²) in [4.78, 5) is 11.5. The number of hydrogen-bond donors (Lipinski definition) is 2. The molecule has 0 fully saturated rings. The van der Waals surface area contributed by atoms with Gasteiger partial charge in [0.25, 0.3) is 5.91 Å². The Morgan fingerprint density at radius 1 is 1.08 bits per heavy atom. The molecule has 3 aromatic rings. The normalized spacial score (nSPS) is 10.6. The summed E-state index contributed by atoms with van der Waals surface area (Å²) in [6.07, 6.45) is 0. The van der Waals surface area contributed by atoms with Gasteiger partial charge in [0.05, 0.1) is 0 Å². The number of rotatable bonds is 5. The Hall–Kier alpha value is -2.19. The number of primary amides is 1. The van der Waals surface area contributed by atoms with Crippen LogP contribution in [0.3, 0.4) is 0 Å². The SMILES string of the molecule is NC(=O)c1n[nH]nc1-c1cc(Br)ccc1OCc1ccc(Br)cc1. The van der Waals surface area contributed by atoms with E-state index in [1.165, 1.54) is 0 Å². The van der Waals surface area contributed by atoms with Crippen LogP contribution in [0, 0.1) is 0 Å². The monoisotopic (exact) mass is 450 g/mol. The highest BCUT2D eigenvalue weighted by atomic mass is 79.9. The van der Waals surface area contributed by atoms with Gasteiger partial charge in [-0.2, -0.15) is 15.4 Å². The summed E-state index contributed by atoms with van der Waals surface area (Å²) < 4.78 is 7.74. The standard InChI is InChI=1S/C16H12Br2N4O2/c17-10-3-1-9(2-4-10)8-24-13-6-5-11(18)7-12(13)14-15(16(19)23)21-22-20-14/h1-7H,8H2,(H2,19,23)(H,20,21,22). The molecule has 3 N–H and O–H groups in total. The molecule has 0 unspecified atom stereocenters. The third kappa shape index (κ3) is 3.65. The highest BCUT2D eigenvalue weighted by Crippen LogP contribution is 2.33. The number of hydrogen-bond acceptors (Lipinski definition) is 4. The number of halogens is 2. The van der Waals surface area contributed by atoms with Crippen molar-refractivity contribution in [1.29, 1.82) is 0 Å². The van der Waals surface area contributed by atoms with Crippen LogP contribution in [-0.4, -0.2) is 21.3 Å². The molecule has 3 rings (SSSR count). The predicted molar refractivity (Wildman–Crippen MR) is 96.5 cm³/mol.